The van der Waals surface area contributed by atoms with Gasteiger partial charge in [-0.15, -0.1) is 0 Å². The standard InChI is InChI=1S/C20H38O4.Na.H/c1-5-9-11-17(7-3)15-23-19(21)13-14-20(22)24-16-18(8-4)12-10-6-2;;/h17-18H,5-16H2,1-4H3;;. The summed E-state index contributed by atoms with van der Waals surface area (Å²) in [5.74, 6) is 0.286. The third-order valence-corrected chi connectivity index (χ3v) is 4.58. The van der Waals surface area contributed by atoms with Crippen LogP contribution in [0.2, 0.25) is 0 Å². The number of rotatable bonds is 15. The third-order valence-electron chi connectivity index (χ3n) is 4.58. The Labute approximate surface area is 177 Å². The van der Waals surface area contributed by atoms with Crippen molar-refractivity contribution in [2.45, 2.75) is 91.9 Å². The molecule has 0 aromatic rings. The number of hydrogen-bond acceptors (Lipinski definition) is 4. The second kappa shape index (κ2) is 18.7. The first-order chi connectivity index (χ1) is 11.6. The van der Waals surface area contributed by atoms with E-state index in [0.717, 1.165) is 38.5 Å². The maximum absolute atomic E-state index is 11.7. The molecule has 25 heavy (non-hydrogen) atoms. The van der Waals surface area contributed by atoms with Gasteiger partial charge in [0.25, 0.3) is 0 Å². The molecule has 0 aliphatic carbocycles. The molecular formula is C20H39NaO4. The average molecular weight is 367 g/mol. The summed E-state index contributed by atoms with van der Waals surface area (Å²) in [6, 6.07) is 0. The van der Waals surface area contributed by atoms with Crippen LogP contribution in [-0.4, -0.2) is 54.7 Å². The van der Waals surface area contributed by atoms with Crippen LogP contribution >= 0.6 is 0 Å². The number of hydrogen-bond donors (Lipinski definition) is 0. The maximum atomic E-state index is 11.7. The summed E-state index contributed by atoms with van der Waals surface area (Å²) in [7, 11) is 0. The Morgan fingerprint density at radius 3 is 1.36 bits per heavy atom. The SMILES string of the molecule is CCCCC(CC)COC(=O)CCC(=O)OCC(CC)CCCC.[NaH]. The first kappa shape index (κ1) is 27.2. The van der Waals surface area contributed by atoms with E-state index >= 15 is 0 Å². The van der Waals surface area contributed by atoms with Crippen molar-refractivity contribution in [1.29, 1.82) is 0 Å². The van der Waals surface area contributed by atoms with Crippen molar-refractivity contribution in [3.8, 4) is 0 Å². The predicted molar refractivity (Wildman–Crippen MR) is 105 cm³/mol. The van der Waals surface area contributed by atoms with Gasteiger partial charge in [-0.1, -0.05) is 66.2 Å². The van der Waals surface area contributed by atoms with Crippen LogP contribution in [0.5, 0.6) is 0 Å². The Hall–Kier alpha value is -0.0600. The zero-order valence-electron chi connectivity index (χ0n) is 16.3. The van der Waals surface area contributed by atoms with Gasteiger partial charge in [-0.3, -0.25) is 9.59 Å². The fourth-order valence-corrected chi connectivity index (χ4v) is 2.57. The summed E-state index contributed by atoms with van der Waals surface area (Å²) >= 11 is 0. The van der Waals surface area contributed by atoms with Crippen LogP contribution in [0.4, 0.5) is 0 Å². The van der Waals surface area contributed by atoms with Gasteiger partial charge in [0.15, 0.2) is 0 Å². The van der Waals surface area contributed by atoms with Crippen molar-refractivity contribution >= 4 is 41.5 Å². The van der Waals surface area contributed by atoms with E-state index in [2.05, 4.69) is 27.7 Å². The van der Waals surface area contributed by atoms with E-state index in [1.54, 1.807) is 0 Å². The average Bonchev–Trinajstić information content (AvgIpc) is 2.60. The van der Waals surface area contributed by atoms with Gasteiger partial charge in [0.2, 0.25) is 0 Å². The summed E-state index contributed by atoms with van der Waals surface area (Å²) < 4.78 is 10.6. The molecule has 0 aromatic heterocycles. The molecule has 0 saturated heterocycles. The van der Waals surface area contributed by atoms with Crippen molar-refractivity contribution in [2.75, 3.05) is 13.2 Å². The molecule has 0 N–H and O–H groups in total. The second-order valence-corrected chi connectivity index (χ2v) is 6.70. The van der Waals surface area contributed by atoms with Gasteiger partial charge in [0, 0.05) is 0 Å². The topological polar surface area (TPSA) is 52.6 Å². The summed E-state index contributed by atoms with van der Waals surface area (Å²) in [5, 5.41) is 0. The van der Waals surface area contributed by atoms with Crippen LogP contribution in [0.15, 0.2) is 0 Å². The van der Waals surface area contributed by atoms with E-state index in [1.165, 1.54) is 12.8 Å². The molecule has 0 aromatic carbocycles. The van der Waals surface area contributed by atoms with E-state index in [0.29, 0.717) is 25.0 Å². The van der Waals surface area contributed by atoms with Crippen LogP contribution in [0.1, 0.15) is 91.9 Å². The first-order valence-corrected chi connectivity index (χ1v) is 9.88. The molecule has 0 aliphatic heterocycles. The van der Waals surface area contributed by atoms with Gasteiger partial charge < -0.3 is 9.47 Å². The van der Waals surface area contributed by atoms with Crippen LogP contribution < -0.4 is 0 Å². The summed E-state index contributed by atoms with van der Waals surface area (Å²) in [4.78, 5) is 23.5. The van der Waals surface area contributed by atoms with Gasteiger partial charge in [-0.25, -0.2) is 0 Å². The zero-order valence-corrected chi connectivity index (χ0v) is 16.3. The zero-order chi connectivity index (χ0) is 18.2. The van der Waals surface area contributed by atoms with Crippen LogP contribution in [-0.2, 0) is 19.1 Å². The fourth-order valence-electron chi connectivity index (χ4n) is 2.57. The van der Waals surface area contributed by atoms with Crippen molar-refractivity contribution in [3.63, 3.8) is 0 Å². The van der Waals surface area contributed by atoms with Gasteiger partial charge >= 0.3 is 41.5 Å². The van der Waals surface area contributed by atoms with Crippen molar-refractivity contribution in [1.82, 2.24) is 0 Å². The van der Waals surface area contributed by atoms with Gasteiger partial charge in [-0.05, 0) is 24.7 Å². The van der Waals surface area contributed by atoms with Crippen LogP contribution in [0, 0.1) is 11.8 Å². The fraction of sp³-hybridized carbons (Fsp3) is 0.900. The van der Waals surface area contributed by atoms with Gasteiger partial charge in [0.1, 0.15) is 0 Å². The number of carbonyl (C=O) groups excluding carboxylic acids is 2. The van der Waals surface area contributed by atoms with E-state index in [1.807, 2.05) is 0 Å². The number of unbranched alkanes of at least 4 members (excludes halogenated alkanes) is 2. The van der Waals surface area contributed by atoms with Crippen molar-refractivity contribution in [3.05, 3.63) is 0 Å². The summed E-state index contributed by atoms with van der Waals surface area (Å²) in [5.41, 5.74) is 0. The molecule has 5 heteroatoms. The predicted octanol–water partition coefficient (Wildman–Crippen LogP) is 4.64. The molecule has 0 amide bonds. The minimum atomic E-state index is -0.292. The van der Waals surface area contributed by atoms with Crippen molar-refractivity contribution in [2.24, 2.45) is 11.8 Å². The van der Waals surface area contributed by atoms with E-state index in [9.17, 15) is 9.59 Å². The molecule has 0 fully saturated rings. The number of carbonyl (C=O) groups is 2. The summed E-state index contributed by atoms with van der Waals surface area (Å²) in [6.07, 6.45) is 9.12. The Bertz CT molecular complexity index is 302. The molecule has 0 saturated carbocycles. The Morgan fingerprint density at radius 1 is 0.720 bits per heavy atom. The molecule has 0 radical (unpaired) electrons. The first-order valence-electron chi connectivity index (χ1n) is 9.88. The minimum absolute atomic E-state index is 0. The van der Waals surface area contributed by atoms with E-state index in [4.69, 9.17) is 9.47 Å². The number of esters is 2. The van der Waals surface area contributed by atoms with Gasteiger partial charge in [0.05, 0.1) is 26.1 Å². The van der Waals surface area contributed by atoms with E-state index in [-0.39, 0.29) is 54.3 Å². The third kappa shape index (κ3) is 15.9. The molecule has 144 valence electrons. The van der Waals surface area contributed by atoms with Crippen molar-refractivity contribution < 1.29 is 19.1 Å². The molecule has 2 atom stereocenters. The van der Waals surface area contributed by atoms with Gasteiger partial charge in [-0.2, -0.15) is 0 Å². The summed E-state index contributed by atoms with van der Waals surface area (Å²) in [6.45, 7) is 9.51. The monoisotopic (exact) mass is 366 g/mol. The molecular weight excluding hydrogens is 327 g/mol. The molecule has 0 aliphatic rings. The molecule has 0 heterocycles. The number of ether oxygens (including phenoxy) is 2. The van der Waals surface area contributed by atoms with E-state index < -0.39 is 0 Å². The Kier molecular flexibility index (Phi) is 20.3. The Balaban J connectivity index is 0. The Morgan fingerprint density at radius 2 is 1.08 bits per heavy atom. The normalized spacial score (nSPS) is 12.8. The van der Waals surface area contributed by atoms with Crippen LogP contribution in [0.3, 0.4) is 0 Å². The molecule has 0 spiro atoms. The van der Waals surface area contributed by atoms with Crippen LogP contribution in [0.25, 0.3) is 0 Å². The molecule has 2 unspecified atom stereocenters. The molecule has 0 bridgehead atoms. The molecule has 4 nitrogen and oxygen atoms in total. The molecule has 0 rings (SSSR count). The quantitative estimate of drug-likeness (QED) is 0.313. The second-order valence-electron chi connectivity index (χ2n) is 6.70.